The van der Waals surface area contributed by atoms with Crippen LogP contribution in [-0.4, -0.2) is 18.2 Å². The SMILES string of the molecule is C=C(OC)C(=O)O.c1ccc(Oc2ccccc2)cc1. The summed E-state index contributed by atoms with van der Waals surface area (Å²) in [6.45, 7) is 3.05. The standard InChI is InChI=1S/C12H10O.C4H6O3/c1-3-7-11(8-4-1)13-12-9-5-2-6-10-12;1-3(7-2)4(5)6/h1-10H;1H2,2H3,(H,5,6). The quantitative estimate of drug-likeness (QED) is 0.681. The highest BCUT2D eigenvalue weighted by Crippen LogP contribution is 2.19. The summed E-state index contributed by atoms with van der Waals surface area (Å²) in [5.74, 6) is 0.380. The number of para-hydroxylation sites is 2. The smallest absolute Gasteiger partial charge is 0.370 e. The average molecular weight is 272 g/mol. The fourth-order valence-electron chi connectivity index (χ4n) is 1.20. The molecule has 4 nitrogen and oxygen atoms in total. The Balaban J connectivity index is 0.000000246. The van der Waals surface area contributed by atoms with Crippen molar-refractivity contribution in [3.63, 3.8) is 0 Å². The van der Waals surface area contributed by atoms with Gasteiger partial charge in [0.05, 0.1) is 7.11 Å². The summed E-state index contributed by atoms with van der Waals surface area (Å²) in [7, 11) is 1.26. The molecule has 0 aromatic heterocycles. The van der Waals surface area contributed by atoms with Crippen LogP contribution in [0.3, 0.4) is 0 Å². The number of hydrogen-bond acceptors (Lipinski definition) is 3. The minimum Gasteiger partial charge on any atom is -0.490 e. The monoisotopic (exact) mass is 272 g/mol. The van der Waals surface area contributed by atoms with Gasteiger partial charge in [0, 0.05) is 0 Å². The van der Waals surface area contributed by atoms with Gasteiger partial charge in [0.15, 0.2) is 5.76 Å². The van der Waals surface area contributed by atoms with Crippen LogP contribution in [0.25, 0.3) is 0 Å². The molecule has 0 fully saturated rings. The topological polar surface area (TPSA) is 55.8 Å². The van der Waals surface area contributed by atoms with E-state index in [0.29, 0.717) is 0 Å². The maximum atomic E-state index is 9.71. The van der Waals surface area contributed by atoms with Crippen molar-refractivity contribution in [1.82, 2.24) is 0 Å². The first-order valence-corrected chi connectivity index (χ1v) is 5.87. The van der Waals surface area contributed by atoms with Crippen LogP contribution in [-0.2, 0) is 9.53 Å². The van der Waals surface area contributed by atoms with E-state index in [0.717, 1.165) is 11.5 Å². The Bertz CT molecular complexity index is 497. The van der Waals surface area contributed by atoms with E-state index >= 15 is 0 Å². The van der Waals surface area contributed by atoms with Gasteiger partial charge in [-0.2, -0.15) is 0 Å². The average Bonchev–Trinajstić information content (AvgIpc) is 2.49. The maximum absolute atomic E-state index is 9.71. The van der Waals surface area contributed by atoms with Crippen molar-refractivity contribution in [2.24, 2.45) is 0 Å². The molecule has 0 aliphatic rings. The van der Waals surface area contributed by atoms with Crippen LogP contribution in [0.1, 0.15) is 0 Å². The summed E-state index contributed by atoms with van der Waals surface area (Å²) in [5, 5.41) is 7.96. The van der Waals surface area contributed by atoms with Crippen molar-refractivity contribution in [3.8, 4) is 11.5 Å². The fraction of sp³-hybridized carbons (Fsp3) is 0.0625. The molecule has 1 N–H and O–H groups in total. The summed E-state index contributed by atoms with van der Waals surface area (Å²) in [4.78, 5) is 9.71. The van der Waals surface area contributed by atoms with Crippen molar-refractivity contribution in [1.29, 1.82) is 0 Å². The van der Waals surface area contributed by atoms with Crippen LogP contribution in [0, 0.1) is 0 Å². The summed E-state index contributed by atoms with van der Waals surface area (Å²) in [6, 6.07) is 19.5. The van der Waals surface area contributed by atoms with E-state index in [1.165, 1.54) is 7.11 Å². The van der Waals surface area contributed by atoms with Crippen LogP contribution in [0.15, 0.2) is 73.0 Å². The van der Waals surface area contributed by atoms with Crippen LogP contribution < -0.4 is 4.74 Å². The third-order valence-corrected chi connectivity index (χ3v) is 2.21. The number of hydrogen-bond donors (Lipinski definition) is 1. The number of ether oxygens (including phenoxy) is 2. The molecule has 0 unspecified atom stereocenters. The zero-order valence-corrected chi connectivity index (χ0v) is 11.2. The molecule has 0 amide bonds. The molecule has 0 radical (unpaired) electrons. The molecule has 0 bridgehead atoms. The molecule has 20 heavy (non-hydrogen) atoms. The minimum atomic E-state index is -1.12. The van der Waals surface area contributed by atoms with E-state index in [4.69, 9.17) is 9.84 Å². The largest absolute Gasteiger partial charge is 0.490 e. The van der Waals surface area contributed by atoms with Gasteiger partial charge >= 0.3 is 5.97 Å². The Morgan fingerprint density at radius 3 is 1.60 bits per heavy atom. The number of aliphatic carboxylic acids is 1. The van der Waals surface area contributed by atoms with Crippen LogP contribution in [0.4, 0.5) is 0 Å². The number of rotatable bonds is 4. The second kappa shape index (κ2) is 8.37. The number of carboxylic acids is 1. The van der Waals surface area contributed by atoms with Crippen LogP contribution in [0.5, 0.6) is 11.5 Å². The van der Waals surface area contributed by atoms with Gasteiger partial charge in [-0.3, -0.25) is 0 Å². The van der Waals surface area contributed by atoms with Crippen molar-refractivity contribution in [3.05, 3.63) is 73.0 Å². The molecule has 104 valence electrons. The summed E-state index contributed by atoms with van der Waals surface area (Å²) in [6.07, 6.45) is 0. The lowest BCUT2D eigenvalue weighted by Crippen LogP contribution is -1.99. The number of methoxy groups -OCH3 is 1. The number of benzene rings is 2. The van der Waals surface area contributed by atoms with Crippen molar-refractivity contribution >= 4 is 5.97 Å². The molecule has 0 spiro atoms. The van der Waals surface area contributed by atoms with Crippen molar-refractivity contribution < 1.29 is 19.4 Å². The molecule has 0 aliphatic heterocycles. The van der Waals surface area contributed by atoms with E-state index in [2.05, 4.69) is 11.3 Å². The molecule has 0 heterocycles. The molecule has 0 aliphatic carbocycles. The first-order valence-electron chi connectivity index (χ1n) is 5.87. The van der Waals surface area contributed by atoms with Crippen LogP contribution in [0.2, 0.25) is 0 Å². The zero-order chi connectivity index (χ0) is 14.8. The van der Waals surface area contributed by atoms with Gasteiger partial charge < -0.3 is 14.6 Å². The second-order valence-corrected chi connectivity index (χ2v) is 3.66. The fourth-order valence-corrected chi connectivity index (χ4v) is 1.20. The van der Waals surface area contributed by atoms with Gasteiger partial charge in [0.1, 0.15) is 11.5 Å². The number of carbonyl (C=O) groups is 1. The molecule has 0 saturated carbocycles. The first kappa shape index (κ1) is 15.3. The Kier molecular flexibility index (Phi) is 6.41. The molecule has 4 heteroatoms. The third-order valence-electron chi connectivity index (χ3n) is 2.21. The molecule has 2 aromatic carbocycles. The second-order valence-electron chi connectivity index (χ2n) is 3.66. The Morgan fingerprint density at radius 1 is 0.950 bits per heavy atom. The van der Waals surface area contributed by atoms with E-state index in [1.807, 2.05) is 60.7 Å². The zero-order valence-electron chi connectivity index (χ0n) is 11.2. The molecular weight excluding hydrogens is 256 g/mol. The Hall–Kier alpha value is -2.75. The van der Waals surface area contributed by atoms with Gasteiger partial charge in [-0.15, -0.1) is 0 Å². The molecule has 0 saturated heterocycles. The molecule has 0 atom stereocenters. The van der Waals surface area contributed by atoms with Gasteiger partial charge in [0.2, 0.25) is 0 Å². The lowest BCUT2D eigenvalue weighted by atomic mass is 10.3. The molecular formula is C16H16O4. The lowest BCUT2D eigenvalue weighted by molar-refractivity contribution is -0.136. The van der Waals surface area contributed by atoms with E-state index in [1.54, 1.807) is 0 Å². The number of carboxylic acid groups (broad SMARTS) is 1. The van der Waals surface area contributed by atoms with Gasteiger partial charge in [-0.1, -0.05) is 36.4 Å². The van der Waals surface area contributed by atoms with Crippen molar-refractivity contribution in [2.45, 2.75) is 0 Å². The van der Waals surface area contributed by atoms with Gasteiger partial charge in [0.25, 0.3) is 0 Å². The van der Waals surface area contributed by atoms with Gasteiger partial charge in [-0.05, 0) is 30.8 Å². The summed E-state index contributed by atoms with van der Waals surface area (Å²) >= 11 is 0. The Labute approximate surface area is 117 Å². The van der Waals surface area contributed by atoms with E-state index in [-0.39, 0.29) is 5.76 Å². The highest BCUT2D eigenvalue weighted by atomic mass is 16.5. The van der Waals surface area contributed by atoms with E-state index < -0.39 is 5.97 Å². The van der Waals surface area contributed by atoms with Crippen LogP contribution >= 0.6 is 0 Å². The van der Waals surface area contributed by atoms with E-state index in [9.17, 15) is 4.79 Å². The Morgan fingerprint density at radius 2 is 1.35 bits per heavy atom. The summed E-state index contributed by atoms with van der Waals surface area (Å²) in [5.41, 5.74) is 0. The highest BCUT2D eigenvalue weighted by molar-refractivity contribution is 5.83. The predicted octanol–water partition coefficient (Wildman–Crippen LogP) is 3.71. The minimum absolute atomic E-state index is 0.236. The first-order chi connectivity index (χ1) is 9.63. The predicted molar refractivity (Wildman–Crippen MR) is 76.7 cm³/mol. The molecule has 2 rings (SSSR count). The maximum Gasteiger partial charge on any atom is 0.370 e. The highest BCUT2D eigenvalue weighted by Gasteiger charge is 1.98. The normalized spacial score (nSPS) is 8.85. The molecule has 2 aromatic rings. The van der Waals surface area contributed by atoms with Gasteiger partial charge in [-0.25, -0.2) is 4.79 Å². The lowest BCUT2D eigenvalue weighted by Gasteiger charge is -2.03. The summed E-state index contributed by atoms with van der Waals surface area (Å²) < 4.78 is 9.80. The third kappa shape index (κ3) is 5.73. The van der Waals surface area contributed by atoms with Crippen molar-refractivity contribution in [2.75, 3.05) is 7.11 Å².